The van der Waals surface area contributed by atoms with Crippen LogP contribution < -0.4 is 5.73 Å². The molecule has 86 valence electrons. The van der Waals surface area contributed by atoms with Crippen LogP contribution in [0.5, 0.6) is 0 Å². The molecule has 0 aromatic carbocycles. The van der Waals surface area contributed by atoms with Gasteiger partial charge >= 0.3 is 0 Å². The molecule has 0 amide bonds. The number of thioether (sulfide) groups is 1. The van der Waals surface area contributed by atoms with Crippen molar-refractivity contribution < 1.29 is 14.6 Å². The van der Waals surface area contributed by atoms with Gasteiger partial charge in [0.25, 0.3) is 0 Å². The summed E-state index contributed by atoms with van der Waals surface area (Å²) in [5.41, 5.74) is 5.57. The number of rotatable bonds is 9. The molecule has 0 aliphatic heterocycles. The summed E-state index contributed by atoms with van der Waals surface area (Å²) >= 11 is 1.65. The zero-order chi connectivity index (χ0) is 10.8. The fourth-order valence-electron chi connectivity index (χ4n) is 0.800. The number of methoxy groups -OCH3 is 1. The molecule has 0 fully saturated rings. The average molecular weight is 223 g/mol. The van der Waals surface area contributed by atoms with Crippen molar-refractivity contribution in [2.24, 2.45) is 5.73 Å². The van der Waals surface area contributed by atoms with Gasteiger partial charge in [0.05, 0.1) is 25.9 Å². The molecule has 0 saturated carbocycles. The van der Waals surface area contributed by atoms with Crippen LogP contribution >= 0.6 is 11.8 Å². The van der Waals surface area contributed by atoms with E-state index in [-0.39, 0.29) is 6.04 Å². The SMILES string of the molecule is COCCOCC(O)CSCC(C)N. The van der Waals surface area contributed by atoms with Crippen LogP contribution in [0.3, 0.4) is 0 Å². The lowest BCUT2D eigenvalue weighted by molar-refractivity contribution is 0.0218. The molecule has 0 aromatic rings. The largest absolute Gasteiger partial charge is 0.390 e. The summed E-state index contributed by atoms with van der Waals surface area (Å²) in [6.07, 6.45) is -0.407. The van der Waals surface area contributed by atoms with Crippen LogP contribution in [-0.4, -0.2) is 55.7 Å². The molecule has 0 rings (SSSR count). The van der Waals surface area contributed by atoms with Gasteiger partial charge in [0.2, 0.25) is 0 Å². The first kappa shape index (κ1) is 14.2. The summed E-state index contributed by atoms with van der Waals surface area (Å²) in [5, 5.41) is 9.43. The second-order valence-corrected chi connectivity index (χ2v) is 4.31. The van der Waals surface area contributed by atoms with Crippen molar-refractivity contribution in [3.05, 3.63) is 0 Å². The van der Waals surface area contributed by atoms with E-state index < -0.39 is 6.10 Å². The second kappa shape index (κ2) is 9.73. The minimum absolute atomic E-state index is 0.182. The van der Waals surface area contributed by atoms with Gasteiger partial charge in [0.15, 0.2) is 0 Å². The number of aliphatic hydroxyl groups is 1. The summed E-state index contributed by atoms with van der Waals surface area (Å²) in [7, 11) is 1.62. The molecule has 0 saturated heterocycles. The molecule has 0 bridgehead atoms. The molecular formula is C9H21NO3S. The fraction of sp³-hybridized carbons (Fsp3) is 1.00. The van der Waals surface area contributed by atoms with Gasteiger partial charge in [0.1, 0.15) is 0 Å². The van der Waals surface area contributed by atoms with Crippen LogP contribution in [0.1, 0.15) is 6.92 Å². The standard InChI is InChI=1S/C9H21NO3S/c1-8(10)6-14-7-9(11)5-13-4-3-12-2/h8-9,11H,3-7,10H2,1-2H3. The number of nitrogens with two attached hydrogens (primary N) is 1. The minimum atomic E-state index is -0.407. The van der Waals surface area contributed by atoms with Gasteiger partial charge in [-0.1, -0.05) is 0 Å². The normalized spacial score (nSPS) is 15.4. The average Bonchev–Trinajstić information content (AvgIpc) is 2.12. The smallest absolute Gasteiger partial charge is 0.0863 e. The fourth-order valence-corrected chi connectivity index (χ4v) is 1.68. The predicted octanol–water partition coefficient (Wildman–Crippen LogP) is 0.0907. The first-order valence-electron chi connectivity index (χ1n) is 4.75. The second-order valence-electron chi connectivity index (χ2n) is 3.24. The molecular weight excluding hydrogens is 202 g/mol. The first-order valence-corrected chi connectivity index (χ1v) is 5.90. The Bertz CT molecular complexity index is 125. The van der Waals surface area contributed by atoms with E-state index in [1.165, 1.54) is 0 Å². The van der Waals surface area contributed by atoms with Crippen molar-refractivity contribution >= 4 is 11.8 Å². The minimum Gasteiger partial charge on any atom is -0.390 e. The Morgan fingerprint density at radius 2 is 2.07 bits per heavy atom. The van der Waals surface area contributed by atoms with E-state index in [1.54, 1.807) is 18.9 Å². The summed E-state index contributed by atoms with van der Waals surface area (Å²) in [4.78, 5) is 0. The van der Waals surface area contributed by atoms with Gasteiger partial charge in [-0.2, -0.15) is 11.8 Å². The zero-order valence-electron chi connectivity index (χ0n) is 8.94. The van der Waals surface area contributed by atoms with Gasteiger partial charge in [0, 0.05) is 24.7 Å². The molecule has 2 atom stereocenters. The van der Waals surface area contributed by atoms with Crippen LogP contribution in [0.2, 0.25) is 0 Å². The highest BCUT2D eigenvalue weighted by Crippen LogP contribution is 2.04. The third-order valence-corrected chi connectivity index (χ3v) is 2.81. The Morgan fingerprint density at radius 3 is 2.64 bits per heavy atom. The van der Waals surface area contributed by atoms with E-state index in [2.05, 4.69) is 0 Å². The Kier molecular flexibility index (Phi) is 9.87. The number of ether oxygens (including phenoxy) is 2. The predicted molar refractivity (Wildman–Crippen MR) is 59.7 cm³/mol. The van der Waals surface area contributed by atoms with Crippen LogP contribution in [0.4, 0.5) is 0 Å². The highest BCUT2D eigenvalue weighted by molar-refractivity contribution is 7.99. The maximum atomic E-state index is 9.43. The van der Waals surface area contributed by atoms with Gasteiger partial charge in [-0.15, -0.1) is 0 Å². The Hall–Kier alpha value is 0.190. The summed E-state index contributed by atoms with van der Waals surface area (Å²) < 4.78 is 9.98. The third kappa shape index (κ3) is 10.3. The summed E-state index contributed by atoms with van der Waals surface area (Å²) in [6.45, 7) is 3.43. The monoisotopic (exact) mass is 223 g/mol. The van der Waals surface area contributed by atoms with Crippen LogP contribution in [0, 0.1) is 0 Å². The van der Waals surface area contributed by atoms with Crippen molar-refractivity contribution in [3.63, 3.8) is 0 Å². The van der Waals surface area contributed by atoms with E-state index in [4.69, 9.17) is 15.2 Å². The van der Waals surface area contributed by atoms with E-state index in [0.717, 1.165) is 5.75 Å². The molecule has 5 heteroatoms. The molecule has 0 aliphatic rings. The van der Waals surface area contributed by atoms with Crippen molar-refractivity contribution in [2.45, 2.75) is 19.1 Å². The molecule has 4 nitrogen and oxygen atoms in total. The number of aliphatic hydroxyl groups excluding tert-OH is 1. The first-order chi connectivity index (χ1) is 6.66. The third-order valence-electron chi connectivity index (χ3n) is 1.43. The maximum Gasteiger partial charge on any atom is 0.0863 e. The summed E-state index contributed by atoms with van der Waals surface area (Å²) in [6, 6.07) is 0.182. The molecule has 0 heterocycles. The summed E-state index contributed by atoms with van der Waals surface area (Å²) in [5.74, 6) is 1.55. The molecule has 2 unspecified atom stereocenters. The van der Waals surface area contributed by atoms with Crippen molar-refractivity contribution in [1.82, 2.24) is 0 Å². The highest BCUT2D eigenvalue weighted by Gasteiger charge is 2.04. The molecule has 14 heavy (non-hydrogen) atoms. The van der Waals surface area contributed by atoms with Gasteiger partial charge in [-0.3, -0.25) is 0 Å². The lowest BCUT2D eigenvalue weighted by Gasteiger charge is -2.11. The Morgan fingerprint density at radius 1 is 1.36 bits per heavy atom. The topological polar surface area (TPSA) is 64.7 Å². The Labute approximate surface area is 90.1 Å². The number of hydrogen-bond acceptors (Lipinski definition) is 5. The molecule has 3 N–H and O–H groups in total. The van der Waals surface area contributed by atoms with Crippen molar-refractivity contribution in [3.8, 4) is 0 Å². The quantitative estimate of drug-likeness (QED) is 0.542. The van der Waals surface area contributed by atoms with Gasteiger partial charge in [-0.25, -0.2) is 0 Å². The molecule has 0 spiro atoms. The molecule has 0 aromatic heterocycles. The van der Waals surface area contributed by atoms with E-state index in [9.17, 15) is 5.11 Å². The van der Waals surface area contributed by atoms with Gasteiger partial charge in [-0.05, 0) is 6.92 Å². The van der Waals surface area contributed by atoms with Crippen LogP contribution in [-0.2, 0) is 9.47 Å². The van der Waals surface area contributed by atoms with E-state index in [1.807, 2.05) is 6.92 Å². The molecule has 0 radical (unpaired) electrons. The zero-order valence-corrected chi connectivity index (χ0v) is 9.76. The molecule has 0 aliphatic carbocycles. The van der Waals surface area contributed by atoms with Crippen LogP contribution in [0.15, 0.2) is 0 Å². The van der Waals surface area contributed by atoms with Gasteiger partial charge < -0.3 is 20.3 Å². The lowest BCUT2D eigenvalue weighted by atomic mass is 10.4. The highest BCUT2D eigenvalue weighted by atomic mass is 32.2. The van der Waals surface area contributed by atoms with Crippen LogP contribution in [0.25, 0.3) is 0 Å². The lowest BCUT2D eigenvalue weighted by Crippen LogP contribution is -2.22. The number of hydrogen-bond donors (Lipinski definition) is 2. The Balaban J connectivity index is 3.15. The van der Waals surface area contributed by atoms with E-state index >= 15 is 0 Å². The van der Waals surface area contributed by atoms with E-state index in [0.29, 0.717) is 25.6 Å². The van der Waals surface area contributed by atoms with Crippen molar-refractivity contribution in [1.29, 1.82) is 0 Å². The van der Waals surface area contributed by atoms with Crippen molar-refractivity contribution in [2.75, 3.05) is 38.4 Å². The maximum absolute atomic E-state index is 9.43.